The van der Waals surface area contributed by atoms with Crippen LogP contribution >= 0.6 is 15.9 Å². The molecule has 5 aromatic rings. The van der Waals surface area contributed by atoms with E-state index in [9.17, 15) is 14.4 Å². The van der Waals surface area contributed by atoms with Gasteiger partial charge in [-0.3, -0.25) is 14.9 Å². The lowest BCUT2D eigenvalue weighted by Gasteiger charge is -2.26. The van der Waals surface area contributed by atoms with E-state index in [0.717, 1.165) is 37.6 Å². The number of benzene rings is 4. The number of urea groups is 1. The molecule has 1 aliphatic rings. The van der Waals surface area contributed by atoms with Crippen molar-refractivity contribution in [3.63, 3.8) is 0 Å². The van der Waals surface area contributed by atoms with E-state index in [1.54, 1.807) is 30.3 Å². The number of hydrogen-bond donors (Lipinski definition) is 1. The maximum atomic E-state index is 13.8. The van der Waals surface area contributed by atoms with E-state index in [1.165, 1.54) is 0 Å². The second kappa shape index (κ2) is 12.0. The molecule has 1 N–H and O–H groups in total. The fraction of sp³-hybridized carbons (Fsp3) is 0.0571. The SMILES string of the molecule is CCOc1ccc(N2C(=O)NC(=O)/C(=C/c3cc(-c4ccccc4)n(-c4ccc(Br)cc4)c3-c3ccccc3)C2=O)cc1. The van der Waals surface area contributed by atoms with Gasteiger partial charge in [0.25, 0.3) is 11.8 Å². The van der Waals surface area contributed by atoms with Gasteiger partial charge in [-0.25, -0.2) is 9.69 Å². The highest BCUT2D eigenvalue weighted by molar-refractivity contribution is 9.10. The molecule has 0 bridgehead atoms. The molecule has 7 nitrogen and oxygen atoms in total. The first-order valence-electron chi connectivity index (χ1n) is 13.7. The van der Waals surface area contributed by atoms with Crippen molar-refractivity contribution in [1.82, 2.24) is 9.88 Å². The Labute approximate surface area is 257 Å². The predicted octanol–water partition coefficient (Wildman–Crippen LogP) is 7.64. The molecular formula is C35H26BrN3O4. The first-order valence-corrected chi connectivity index (χ1v) is 14.5. The quantitative estimate of drug-likeness (QED) is 0.148. The lowest BCUT2D eigenvalue weighted by Crippen LogP contribution is -2.54. The molecule has 1 fully saturated rings. The molecule has 0 aliphatic carbocycles. The number of ether oxygens (including phenoxy) is 1. The third-order valence-electron chi connectivity index (χ3n) is 7.04. The van der Waals surface area contributed by atoms with Gasteiger partial charge in [0.2, 0.25) is 0 Å². The molecule has 4 amide bonds. The monoisotopic (exact) mass is 631 g/mol. The van der Waals surface area contributed by atoms with Crippen molar-refractivity contribution in [2.75, 3.05) is 11.5 Å². The van der Waals surface area contributed by atoms with Gasteiger partial charge in [0.15, 0.2) is 0 Å². The summed E-state index contributed by atoms with van der Waals surface area (Å²) in [5.41, 5.74) is 5.23. The zero-order chi connectivity index (χ0) is 29.9. The molecule has 0 saturated carbocycles. The van der Waals surface area contributed by atoms with Gasteiger partial charge in [-0.15, -0.1) is 0 Å². The Kier molecular flexibility index (Phi) is 7.77. The number of amides is 4. The van der Waals surface area contributed by atoms with Gasteiger partial charge in [-0.2, -0.15) is 0 Å². The molecule has 1 aliphatic heterocycles. The number of rotatable bonds is 7. The minimum atomic E-state index is -0.808. The van der Waals surface area contributed by atoms with Crippen molar-refractivity contribution in [2.24, 2.45) is 0 Å². The number of halogens is 1. The second-order valence-electron chi connectivity index (χ2n) is 9.76. The van der Waals surface area contributed by atoms with Crippen LogP contribution in [-0.2, 0) is 9.59 Å². The lowest BCUT2D eigenvalue weighted by molar-refractivity contribution is -0.122. The van der Waals surface area contributed by atoms with Gasteiger partial charge in [0.1, 0.15) is 11.3 Å². The summed E-state index contributed by atoms with van der Waals surface area (Å²) in [4.78, 5) is 40.8. The Balaban J connectivity index is 1.55. The van der Waals surface area contributed by atoms with Gasteiger partial charge in [0, 0.05) is 15.7 Å². The Hall–Kier alpha value is -5.21. The minimum Gasteiger partial charge on any atom is -0.494 e. The van der Waals surface area contributed by atoms with E-state index in [4.69, 9.17) is 4.74 Å². The number of aromatic nitrogens is 1. The minimum absolute atomic E-state index is 0.154. The molecule has 0 radical (unpaired) electrons. The van der Waals surface area contributed by atoms with E-state index in [-0.39, 0.29) is 5.57 Å². The van der Waals surface area contributed by atoms with E-state index in [1.807, 2.05) is 97.9 Å². The van der Waals surface area contributed by atoms with E-state index >= 15 is 0 Å². The smallest absolute Gasteiger partial charge is 0.335 e. The number of anilines is 1. The number of barbiturate groups is 1. The molecule has 8 heteroatoms. The summed E-state index contributed by atoms with van der Waals surface area (Å²) in [5, 5.41) is 2.33. The molecule has 1 aromatic heterocycles. The average Bonchev–Trinajstić information content (AvgIpc) is 3.40. The summed E-state index contributed by atoms with van der Waals surface area (Å²) >= 11 is 3.53. The Bertz CT molecular complexity index is 1850. The van der Waals surface area contributed by atoms with Crippen LogP contribution in [0.1, 0.15) is 12.5 Å². The third-order valence-corrected chi connectivity index (χ3v) is 7.57. The highest BCUT2D eigenvalue weighted by Gasteiger charge is 2.37. The maximum absolute atomic E-state index is 13.8. The summed E-state index contributed by atoms with van der Waals surface area (Å²) in [5.74, 6) is -0.860. The van der Waals surface area contributed by atoms with Crippen LogP contribution in [0.15, 0.2) is 125 Å². The van der Waals surface area contributed by atoms with Crippen LogP contribution in [0.2, 0.25) is 0 Å². The van der Waals surface area contributed by atoms with E-state index < -0.39 is 17.8 Å². The summed E-state index contributed by atoms with van der Waals surface area (Å²) in [7, 11) is 0. The number of carbonyl (C=O) groups is 3. The molecular weight excluding hydrogens is 606 g/mol. The summed E-state index contributed by atoms with van der Waals surface area (Å²) in [6, 6.07) is 35.4. The second-order valence-corrected chi connectivity index (χ2v) is 10.7. The van der Waals surface area contributed by atoms with Crippen LogP contribution < -0.4 is 15.0 Å². The molecule has 0 atom stereocenters. The normalized spacial score (nSPS) is 14.2. The molecule has 4 aromatic carbocycles. The summed E-state index contributed by atoms with van der Waals surface area (Å²) < 4.78 is 8.55. The van der Waals surface area contributed by atoms with Gasteiger partial charge in [0.05, 0.1) is 23.7 Å². The predicted molar refractivity (Wildman–Crippen MR) is 171 cm³/mol. The van der Waals surface area contributed by atoms with Crippen LogP contribution in [-0.4, -0.2) is 29.0 Å². The number of carbonyl (C=O) groups excluding carboxylic acids is 3. The van der Waals surface area contributed by atoms with Crippen molar-refractivity contribution in [3.05, 3.63) is 131 Å². The van der Waals surface area contributed by atoms with Crippen LogP contribution in [0.5, 0.6) is 5.75 Å². The molecule has 43 heavy (non-hydrogen) atoms. The van der Waals surface area contributed by atoms with Crippen molar-refractivity contribution in [2.45, 2.75) is 6.92 Å². The summed E-state index contributed by atoms with van der Waals surface area (Å²) in [6.45, 7) is 2.35. The zero-order valence-electron chi connectivity index (χ0n) is 23.2. The molecule has 212 valence electrons. The Morgan fingerprint density at radius 1 is 0.767 bits per heavy atom. The lowest BCUT2D eigenvalue weighted by atomic mass is 10.0. The first-order chi connectivity index (χ1) is 20.9. The highest BCUT2D eigenvalue weighted by atomic mass is 79.9. The van der Waals surface area contributed by atoms with E-state index in [0.29, 0.717) is 23.6 Å². The topological polar surface area (TPSA) is 80.6 Å². The van der Waals surface area contributed by atoms with Gasteiger partial charge in [-0.05, 0) is 78.7 Å². The highest BCUT2D eigenvalue weighted by Crippen LogP contribution is 2.38. The van der Waals surface area contributed by atoms with Crippen molar-refractivity contribution < 1.29 is 19.1 Å². The van der Waals surface area contributed by atoms with E-state index in [2.05, 4.69) is 25.8 Å². The third kappa shape index (κ3) is 5.52. The van der Waals surface area contributed by atoms with Gasteiger partial charge < -0.3 is 9.30 Å². The zero-order valence-corrected chi connectivity index (χ0v) is 24.7. The van der Waals surface area contributed by atoms with Crippen molar-refractivity contribution in [3.8, 4) is 34.0 Å². The molecule has 0 unspecified atom stereocenters. The Morgan fingerprint density at radius 2 is 1.37 bits per heavy atom. The van der Waals surface area contributed by atoms with Crippen LogP contribution in [0, 0.1) is 0 Å². The van der Waals surface area contributed by atoms with Crippen molar-refractivity contribution >= 4 is 45.5 Å². The maximum Gasteiger partial charge on any atom is 0.335 e. The standard InChI is InChI=1S/C35H26BrN3O4/c1-2-43-29-19-17-28(18-20-29)39-34(41)30(33(40)37-35(39)42)21-25-22-31(23-9-5-3-6-10-23)38(27-15-13-26(36)14-16-27)32(25)24-11-7-4-8-12-24/h3-22H,2H2,1H3,(H,37,40,42)/b30-21-. The molecule has 1 saturated heterocycles. The first kappa shape index (κ1) is 27.9. The number of hydrogen-bond acceptors (Lipinski definition) is 4. The van der Waals surface area contributed by atoms with Gasteiger partial charge >= 0.3 is 6.03 Å². The molecule has 6 rings (SSSR count). The fourth-order valence-corrected chi connectivity index (χ4v) is 5.38. The fourth-order valence-electron chi connectivity index (χ4n) is 5.12. The molecule has 0 spiro atoms. The Morgan fingerprint density at radius 3 is 2.00 bits per heavy atom. The van der Waals surface area contributed by atoms with Crippen LogP contribution in [0.25, 0.3) is 34.3 Å². The largest absolute Gasteiger partial charge is 0.494 e. The molecule has 2 heterocycles. The summed E-state index contributed by atoms with van der Waals surface area (Å²) in [6.07, 6.45) is 1.57. The number of nitrogens with zero attached hydrogens (tertiary/aromatic N) is 2. The van der Waals surface area contributed by atoms with Gasteiger partial charge in [-0.1, -0.05) is 76.6 Å². The number of imide groups is 2. The van der Waals surface area contributed by atoms with Crippen LogP contribution in [0.4, 0.5) is 10.5 Å². The average molecular weight is 633 g/mol. The van der Waals surface area contributed by atoms with Crippen molar-refractivity contribution in [1.29, 1.82) is 0 Å². The van der Waals surface area contributed by atoms with Crippen LogP contribution in [0.3, 0.4) is 0 Å². The number of nitrogens with one attached hydrogen (secondary N) is 1.